The molecule has 3 heterocycles. The molecule has 0 fully saturated rings. The van der Waals surface area contributed by atoms with Gasteiger partial charge in [0.2, 0.25) is 5.89 Å². The van der Waals surface area contributed by atoms with Crippen LogP contribution in [0, 0.1) is 0 Å². The first-order valence-electron chi connectivity index (χ1n) is 5.64. The largest absolute Gasteiger partial charge is 0.477 e. The fraction of sp³-hybridized carbons (Fsp3) is 0.0833. The third-order valence-corrected chi connectivity index (χ3v) is 4.85. The number of hydrogen-bond donors (Lipinski definition) is 1. The van der Waals surface area contributed by atoms with Gasteiger partial charge in [0, 0.05) is 10.3 Å². The second kappa shape index (κ2) is 6.04. The average Bonchev–Trinajstić information content (AvgIpc) is 3.16. The molecule has 0 atom stereocenters. The van der Waals surface area contributed by atoms with Crippen molar-refractivity contribution in [2.24, 2.45) is 0 Å². The fourth-order valence-electron chi connectivity index (χ4n) is 1.49. The Balaban J connectivity index is 1.65. The highest BCUT2D eigenvalue weighted by Gasteiger charge is 2.13. The van der Waals surface area contributed by atoms with Crippen molar-refractivity contribution in [2.45, 2.75) is 10.6 Å². The number of carboxylic acid groups (broad SMARTS) is 1. The van der Waals surface area contributed by atoms with E-state index in [4.69, 9.17) is 13.9 Å². The number of aromatic nitrogens is 2. The summed E-state index contributed by atoms with van der Waals surface area (Å²) in [5, 5.41) is 18.5. The summed E-state index contributed by atoms with van der Waals surface area (Å²) in [7, 11) is 0. The van der Waals surface area contributed by atoms with Crippen LogP contribution >= 0.6 is 39.0 Å². The number of halogens is 1. The van der Waals surface area contributed by atoms with E-state index in [1.165, 1.54) is 23.1 Å². The number of nitrogens with zero attached hydrogens (tertiary/aromatic N) is 2. The van der Waals surface area contributed by atoms with Crippen molar-refractivity contribution in [1.82, 2.24) is 10.2 Å². The Morgan fingerprint density at radius 3 is 2.90 bits per heavy atom. The zero-order chi connectivity index (χ0) is 14.8. The summed E-state index contributed by atoms with van der Waals surface area (Å²) in [5.74, 6) is 0.799. The van der Waals surface area contributed by atoms with E-state index in [2.05, 4.69) is 26.1 Å². The predicted octanol–water partition coefficient (Wildman–Crippen LogP) is 4.14. The molecule has 1 N–H and O–H groups in total. The molecule has 21 heavy (non-hydrogen) atoms. The number of rotatable bonds is 5. The van der Waals surface area contributed by atoms with E-state index in [1.807, 2.05) is 0 Å². The SMILES string of the molecule is O=C(O)c1cc(SCc2nnc(-c3ccc(Br)o3)o2)cs1. The molecule has 0 amide bonds. The molecule has 0 unspecified atom stereocenters. The van der Waals surface area contributed by atoms with Crippen LogP contribution in [-0.2, 0) is 5.75 Å². The molecule has 0 spiro atoms. The van der Waals surface area contributed by atoms with Gasteiger partial charge in [0.15, 0.2) is 10.4 Å². The molecular weight excluding hydrogens is 380 g/mol. The van der Waals surface area contributed by atoms with E-state index in [0.29, 0.717) is 32.8 Å². The summed E-state index contributed by atoms with van der Waals surface area (Å²) in [6.07, 6.45) is 0. The Bertz CT molecular complexity index is 780. The van der Waals surface area contributed by atoms with E-state index in [0.717, 1.165) is 4.90 Å². The minimum Gasteiger partial charge on any atom is -0.477 e. The van der Waals surface area contributed by atoms with Crippen molar-refractivity contribution >= 4 is 45.0 Å². The van der Waals surface area contributed by atoms with Gasteiger partial charge >= 0.3 is 5.97 Å². The predicted molar refractivity (Wildman–Crippen MR) is 80.5 cm³/mol. The molecule has 3 aromatic rings. The summed E-state index contributed by atoms with van der Waals surface area (Å²) >= 11 is 5.83. The van der Waals surface area contributed by atoms with Gasteiger partial charge < -0.3 is 13.9 Å². The number of aromatic carboxylic acids is 1. The van der Waals surface area contributed by atoms with E-state index in [1.54, 1.807) is 23.6 Å². The Labute approximate surface area is 135 Å². The molecule has 0 radical (unpaired) electrons. The number of thioether (sulfide) groups is 1. The van der Waals surface area contributed by atoms with Crippen LogP contribution in [0.15, 0.2) is 42.0 Å². The van der Waals surface area contributed by atoms with Crippen LogP contribution in [0.4, 0.5) is 0 Å². The third-order valence-electron chi connectivity index (χ3n) is 2.40. The minimum absolute atomic E-state index is 0.309. The number of carbonyl (C=O) groups is 1. The second-order valence-corrected chi connectivity index (χ2v) is 6.59. The maximum Gasteiger partial charge on any atom is 0.345 e. The lowest BCUT2D eigenvalue weighted by Gasteiger charge is -1.92. The van der Waals surface area contributed by atoms with Gasteiger partial charge in [-0.1, -0.05) is 0 Å². The van der Waals surface area contributed by atoms with Crippen LogP contribution in [0.2, 0.25) is 0 Å². The maximum absolute atomic E-state index is 10.8. The highest BCUT2D eigenvalue weighted by atomic mass is 79.9. The molecule has 0 saturated carbocycles. The van der Waals surface area contributed by atoms with Crippen LogP contribution in [0.5, 0.6) is 0 Å². The summed E-state index contributed by atoms with van der Waals surface area (Å²) in [6, 6.07) is 5.10. The lowest BCUT2D eigenvalue weighted by molar-refractivity contribution is 0.0702. The number of hydrogen-bond acceptors (Lipinski definition) is 7. The van der Waals surface area contributed by atoms with Gasteiger partial charge in [-0.2, -0.15) is 0 Å². The first kappa shape index (κ1) is 14.4. The molecule has 108 valence electrons. The topological polar surface area (TPSA) is 89.4 Å². The van der Waals surface area contributed by atoms with Gasteiger partial charge in [0.05, 0.1) is 5.75 Å². The summed E-state index contributed by atoms with van der Waals surface area (Å²) in [4.78, 5) is 12.0. The first-order chi connectivity index (χ1) is 10.1. The van der Waals surface area contributed by atoms with Gasteiger partial charge in [0.25, 0.3) is 5.89 Å². The van der Waals surface area contributed by atoms with E-state index >= 15 is 0 Å². The van der Waals surface area contributed by atoms with Crippen LogP contribution < -0.4 is 0 Å². The van der Waals surface area contributed by atoms with Gasteiger partial charge in [-0.3, -0.25) is 0 Å². The maximum atomic E-state index is 10.8. The van der Waals surface area contributed by atoms with Gasteiger partial charge in [-0.15, -0.1) is 33.3 Å². The van der Waals surface area contributed by atoms with Crippen LogP contribution in [0.1, 0.15) is 15.6 Å². The van der Waals surface area contributed by atoms with Crippen molar-refractivity contribution in [2.75, 3.05) is 0 Å². The van der Waals surface area contributed by atoms with Gasteiger partial charge in [-0.05, 0) is 34.1 Å². The zero-order valence-corrected chi connectivity index (χ0v) is 13.5. The molecule has 0 aliphatic rings. The first-order valence-corrected chi connectivity index (χ1v) is 8.30. The van der Waals surface area contributed by atoms with Gasteiger partial charge in [0.1, 0.15) is 4.88 Å². The summed E-state index contributed by atoms with van der Waals surface area (Å²) in [5.41, 5.74) is 0. The van der Waals surface area contributed by atoms with Gasteiger partial charge in [-0.25, -0.2) is 4.79 Å². The minimum atomic E-state index is -0.921. The quantitative estimate of drug-likeness (QED) is 0.658. The van der Waals surface area contributed by atoms with Crippen molar-refractivity contribution < 1.29 is 18.7 Å². The van der Waals surface area contributed by atoms with Crippen LogP contribution in [0.3, 0.4) is 0 Å². The third kappa shape index (κ3) is 3.36. The van der Waals surface area contributed by atoms with Crippen molar-refractivity contribution in [3.05, 3.63) is 39.0 Å². The molecule has 0 bridgehead atoms. The second-order valence-electron chi connectivity index (χ2n) is 3.85. The molecule has 0 aliphatic heterocycles. The Morgan fingerprint density at radius 2 is 2.24 bits per heavy atom. The molecule has 9 heteroatoms. The van der Waals surface area contributed by atoms with Crippen molar-refractivity contribution in [3.8, 4) is 11.7 Å². The Hall–Kier alpha value is -1.58. The highest BCUT2D eigenvalue weighted by molar-refractivity contribution is 9.10. The average molecular weight is 387 g/mol. The smallest absolute Gasteiger partial charge is 0.345 e. The van der Waals surface area contributed by atoms with E-state index in [9.17, 15) is 4.79 Å². The highest BCUT2D eigenvalue weighted by Crippen LogP contribution is 2.29. The lowest BCUT2D eigenvalue weighted by Crippen LogP contribution is -1.89. The van der Waals surface area contributed by atoms with Crippen LogP contribution in [-0.4, -0.2) is 21.3 Å². The Kier molecular flexibility index (Phi) is 4.13. The molecule has 0 aromatic carbocycles. The molecule has 3 aromatic heterocycles. The molecule has 0 aliphatic carbocycles. The molecule has 3 rings (SSSR count). The molecule has 0 saturated heterocycles. The van der Waals surface area contributed by atoms with E-state index in [-0.39, 0.29) is 0 Å². The number of carboxylic acids is 1. The summed E-state index contributed by atoms with van der Waals surface area (Å²) < 4.78 is 11.4. The molecular formula is C12H7BrN2O4S2. The standard InChI is InChI=1S/C12H7BrN2O4S2/c13-9-2-1-7(18-9)11-15-14-10(19-11)5-20-6-3-8(12(16)17)21-4-6/h1-4H,5H2,(H,16,17). The fourth-order valence-corrected chi connectivity index (χ4v) is 3.51. The Morgan fingerprint density at radius 1 is 1.38 bits per heavy atom. The van der Waals surface area contributed by atoms with Crippen LogP contribution in [0.25, 0.3) is 11.7 Å². The zero-order valence-electron chi connectivity index (χ0n) is 10.3. The summed E-state index contributed by atoms with van der Waals surface area (Å²) in [6.45, 7) is 0. The van der Waals surface area contributed by atoms with Crippen molar-refractivity contribution in [3.63, 3.8) is 0 Å². The number of thiophene rings is 1. The number of furan rings is 1. The molecule has 6 nitrogen and oxygen atoms in total. The normalized spacial score (nSPS) is 10.9. The van der Waals surface area contributed by atoms with E-state index < -0.39 is 5.97 Å². The monoisotopic (exact) mass is 386 g/mol. The van der Waals surface area contributed by atoms with Crippen molar-refractivity contribution in [1.29, 1.82) is 0 Å². The lowest BCUT2D eigenvalue weighted by atomic mass is 10.5.